The maximum absolute atomic E-state index is 11.3. The molecule has 0 bridgehead atoms. The summed E-state index contributed by atoms with van der Waals surface area (Å²) in [5.74, 6) is 0. The first-order valence-electron chi connectivity index (χ1n) is 4.10. The molecule has 6 nitrogen and oxygen atoms in total. The van der Waals surface area contributed by atoms with Crippen molar-refractivity contribution in [1.82, 2.24) is 5.16 Å². The summed E-state index contributed by atoms with van der Waals surface area (Å²) in [5, 5.41) is 13.8. The van der Waals surface area contributed by atoms with Gasteiger partial charge in [-0.1, -0.05) is 30.3 Å². The van der Waals surface area contributed by atoms with Gasteiger partial charge in [0.15, 0.2) is 0 Å². The molecule has 0 atom stereocenters. The number of rotatable bonds is 2. The number of hydrogen-bond acceptors (Lipinski definition) is 5. The van der Waals surface area contributed by atoms with Crippen LogP contribution in [0.1, 0.15) is 0 Å². The predicted molar refractivity (Wildman–Crippen MR) is 53.9 cm³/mol. The summed E-state index contributed by atoms with van der Waals surface area (Å²) >= 11 is 0. The van der Waals surface area contributed by atoms with E-state index in [1.54, 1.807) is 30.3 Å². The minimum atomic E-state index is -4.11. The van der Waals surface area contributed by atoms with Gasteiger partial charge in [0.2, 0.25) is 5.69 Å². The summed E-state index contributed by atoms with van der Waals surface area (Å²) < 4.78 is 26.5. The molecule has 0 saturated heterocycles. The third-order valence-electron chi connectivity index (χ3n) is 1.86. The molecule has 0 aliphatic carbocycles. The van der Waals surface area contributed by atoms with Crippen molar-refractivity contribution in [1.29, 1.82) is 0 Å². The van der Waals surface area contributed by atoms with Gasteiger partial charge in [0, 0.05) is 16.2 Å². The second-order valence-electron chi connectivity index (χ2n) is 2.89. The largest absolute Gasteiger partial charge is 0.359 e. The number of aromatic nitrogens is 2. The molecule has 0 radical (unpaired) electrons. The van der Waals surface area contributed by atoms with Gasteiger partial charge < -0.3 is 5.21 Å². The van der Waals surface area contributed by atoms with Crippen molar-refractivity contribution in [2.75, 3.05) is 0 Å². The molecule has 2 rings (SSSR count). The van der Waals surface area contributed by atoms with Gasteiger partial charge in [0.1, 0.15) is 0 Å². The average molecular weight is 261 g/mol. The van der Waals surface area contributed by atoms with E-state index in [0.717, 1.165) is 0 Å². The van der Waals surface area contributed by atoms with E-state index in [-0.39, 0.29) is 10.6 Å². The van der Waals surface area contributed by atoms with Gasteiger partial charge in [-0.05, 0) is 4.90 Å². The van der Waals surface area contributed by atoms with Crippen LogP contribution in [-0.2, 0) is 9.05 Å². The van der Waals surface area contributed by atoms with Crippen molar-refractivity contribution < 1.29 is 17.9 Å². The van der Waals surface area contributed by atoms with Crippen molar-refractivity contribution in [3.05, 3.63) is 35.5 Å². The van der Waals surface area contributed by atoms with Crippen LogP contribution in [0.25, 0.3) is 11.3 Å². The number of halogens is 1. The van der Waals surface area contributed by atoms with Gasteiger partial charge in [0.25, 0.3) is 0 Å². The Morgan fingerprint density at radius 2 is 1.94 bits per heavy atom. The molecular weight excluding hydrogens is 256 g/mol. The minimum Gasteiger partial charge on any atom is -0.359 e. The molecule has 0 aliphatic rings. The van der Waals surface area contributed by atoms with E-state index in [4.69, 9.17) is 10.7 Å². The van der Waals surface area contributed by atoms with Gasteiger partial charge in [-0.3, -0.25) is 4.63 Å². The molecule has 0 spiro atoms. The van der Waals surface area contributed by atoms with Gasteiger partial charge in [-0.15, -0.1) is 0 Å². The van der Waals surface area contributed by atoms with Crippen LogP contribution in [-0.4, -0.2) is 13.6 Å². The summed E-state index contributed by atoms with van der Waals surface area (Å²) in [6.07, 6.45) is 0. The molecule has 0 aliphatic heterocycles. The second-order valence-corrected chi connectivity index (χ2v) is 5.37. The molecule has 0 N–H and O–H groups in total. The van der Waals surface area contributed by atoms with Crippen molar-refractivity contribution in [3.8, 4) is 11.3 Å². The van der Waals surface area contributed by atoms with Crippen molar-refractivity contribution >= 4 is 19.7 Å². The Bertz CT molecular complexity index is 608. The quantitative estimate of drug-likeness (QED) is 0.591. The summed E-state index contributed by atoms with van der Waals surface area (Å²) in [6.45, 7) is 0. The molecule has 1 aromatic carbocycles. The van der Waals surface area contributed by atoms with E-state index in [1.807, 2.05) is 0 Å². The van der Waals surface area contributed by atoms with Gasteiger partial charge >= 0.3 is 14.1 Å². The van der Waals surface area contributed by atoms with Crippen LogP contribution >= 0.6 is 10.7 Å². The summed E-state index contributed by atoms with van der Waals surface area (Å²) in [6, 6.07) is 8.11. The number of benzene rings is 1. The fourth-order valence-electron chi connectivity index (χ4n) is 1.22. The zero-order chi connectivity index (χ0) is 11.8. The molecule has 0 fully saturated rings. The van der Waals surface area contributed by atoms with Crippen LogP contribution in [0.4, 0.5) is 0 Å². The molecule has 1 heterocycles. The lowest BCUT2D eigenvalue weighted by molar-refractivity contribution is -0.793. The molecule has 16 heavy (non-hydrogen) atoms. The fraction of sp³-hybridized carbons (Fsp3) is 0. The lowest BCUT2D eigenvalue weighted by Crippen LogP contribution is -2.25. The highest BCUT2D eigenvalue weighted by Gasteiger charge is 2.31. The first kappa shape index (κ1) is 10.9. The summed E-state index contributed by atoms with van der Waals surface area (Å²) in [5.41, 5.74) is 0.133. The van der Waals surface area contributed by atoms with Crippen LogP contribution < -0.4 is 4.90 Å². The lowest BCUT2D eigenvalue weighted by Gasteiger charge is -1.96. The van der Waals surface area contributed by atoms with E-state index < -0.39 is 14.1 Å². The Balaban J connectivity index is 2.71. The van der Waals surface area contributed by atoms with Gasteiger partial charge in [-0.2, -0.15) is 0 Å². The maximum atomic E-state index is 11.3. The first-order valence-corrected chi connectivity index (χ1v) is 6.41. The molecule has 0 saturated carbocycles. The van der Waals surface area contributed by atoms with Gasteiger partial charge in [-0.25, -0.2) is 8.42 Å². The normalized spacial score (nSPS) is 11.6. The molecule has 1 aromatic heterocycles. The van der Waals surface area contributed by atoms with Crippen LogP contribution in [0.15, 0.2) is 40.0 Å². The van der Waals surface area contributed by atoms with Crippen LogP contribution in [0, 0.1) is 5.21 Å². The molecule has 0 amide bonds. The minimum absolute atomic E-state index is 0.00456. The highest BCUT2D eigenvalue weighted by Crippen LogP contribution is 2.24. The van der Waals surface area contributed by atoms with Crippen LogP contribution in [0.3, 0.4) is 0 Å². The Hall–Kier alpha value is -1.60. The molecule has 8 heteroatoms. The smallest absolute Gasteiger partial charge is 0.354 e. The molecule has 2 aromatic rings. The Morgan fingerprint density at radius 1 is 1.31 bits per heavy atom. The first-order chi connectivity index (χ1) is 7.50. The Kier molecular flexibility index (Phi) is 2.56. The van der Waals surface area contributed by atoms with E-state index in [9.17, 15) is 13.6 Å². The zero-order valence-electron chi connectivity index (χ0n) is 7.70. The van der Waals surface area contributed by atoms with Crippen molar-refractivity contribution in [3.63, 3.8) is 0 Å². The SMILES string of the molecule is O=S(=O)(Cl)c1no[n+]([O-])c1-c1ccccc1. The standard InChI is InChI=1S/C8H5ClN2O4S/c9-16(13,14)8-7(11(12)15-10-8)6-4-2-1-3-5-6/h1-5H. The lowest BCUT2D eigenvalue weighted by atomic mass is 10.2. The molecule has 0 unspecified atom stereocenters. The van der Waals surface area contributed by atoms with Gasteiger partial charge in [0.05, 0.1) is 5.16 Å². The topological polar surface area (TPSA) is 87.1 Å². The number of nitrogens with zero attached hydrogens (tertiary/aromatic N) is 2. The Morgan fingerprint density at radius 3 is 2.50 bits per heavy atom. The van der Waals surface area contributed by atoms with E-state index in [1.165, 1.54) is 0 Å². The molecule has 84 valence electrons. The third kappa shape index (κ3) is 1.86. The van der Waals surface area contributed by atoms with Crippen molar-refractivity contribution in [2.45, 2.75) is 5.03 Å². The fourth-order valence-corrected chi connectivity index (χ4v) is 2.07. The summed E-state index contributed by atoms with van der Waals surface area (Å²) in [7, 11) is 1.01. The highest BCUT2D eigenvalue weighted by atomic mass is 35.7. The third-order valence-corrected chi connectivity index (χ3v) is 3.03. The zero-order valence-corrected chi connectivity index (χ0v) is 9.27. The average Bonchev–Trinajstić information content (AvgIpc) is 2.61. The Labute approximate surface area is 95.0 Å². The predicted octanol–water partition coefficient (Wildman–Crippen LogP) is 0.903. The second kappa shape index (κ2) is 3.76. The highest BCUT2D eigenvalue weighted by molar-refractivity contribution is 8.13. The van der Waals surface area contributed by atoms with Crippen LogP contribution in [0.5, 0.6) is 0 Å². The van der Waals surface area contributed by atoms with Crippen molar-refractivity contribution in [2.24, 2.45) is 0 Å². The molecular formula is C8H5ClN2O4S. The van der Waals surface area contributed by atoms with E-state index in [2.05, 4.69) is 9.79 Å². The van der Waals surface area contributed by atoms with E-state index >= 15 is 0 Å². The summed E-state index contributed by atoms with van der Waals surface area (Å²) in [4.78, 5) is 0.00456. The number of hydrogen-bond donors (Lipinski definition) is 0. The monoisotopic (exact) mass is 260 g/mol. The maximum Gasteiger partial charge on any atom is 0.354 e. The van der Waals surface area contributed by atoms with E-state index in [0.29, 0.717) is 5.56 Å². The van der Waals surface area contributed by atoms with Crippen LogP contribution in [0.2, 0.25) is 0 Å².